The van der Waals surface area contributed by atoms with Gasteiger partial charge in [-0.1, -0.05) is 13.8 Å². The van der Waals surface area contributed by atoms with E-state index in [4.69, 9.17) is 4.74 Å². The van der Waals surface area contributed by atoms with Crippen molar-refractivity contribution in [2.24, 2.45) is 5.92 Å². The summed E-state index contributed by atoms with van der Waals surface area (Å²) in [5, 5.41) is 3.29. The van der Waals surface area contributed by atoms with Crippen LogP contribution in [0.3, 0.4) is 0 Å². The molecule has 2 atom stereocenters. The van der Waals surface area contributed by atoms with Crippen molar-refractivity contribution in [1.29, 1.82) is 0 Å². The molecule has 2 rings (SSSR count). The summed E-state index contributed by atoms with van der Waals surface area (Å²) in [5.74, 6) is 0.824. The van der Waals surface area contributed by atoms with Crippen LogP contribution in [0.15, 0.2) is 0 Å². The highest BCUT2D eigenvalue weighted by Crippen LogP contribution is 2.19. The molecule has 86 valence electrons. The fraction of sp³-hybridized carbons (Fsp3) is 0.909. The number of carbonyl (C=O) groups excluding carboxylic acids is 1. The Morgan fingerprint density at radius 1 is 1.60 bits per heavy atom. The van der Waals surface area contributed by atoms with Gasteiger partial charge in [0.2, 0.25) is 5.91 Å². The van der Waals surface area contributed by atoms with Gasteiger partial charge >= 0.3 is 0 Å². The number of amides is 1. The molecule has 2 aliphatic heterocycles. The lowest BCUT2D eigenvalue weighted by atomic mass is 10.0. The summed E-state index contributed by atoms with van der Waals surface area (Å²) in [7, 11) is 0. The lowest BCUT2D eigenvalue weighted by molar-refractivity contribution is -0.131. The van der Waals surface area contributed by atoms with Crippen molar-refractivity contribution in [1.82, 2.24) is 10.2 Å². The Balaban J connectivity index is 1.91. The topological polar surface area (TPSA) is 41.6 Å². The number of hydrogen-bond donors (Lipinski definition) is 1. The lowest BCUT2D eigenvalue weighted by Crippen LogP contribution is -2.39. The van der Waals surface area contributed by atoms with Crippen LogP contribution >= 0.6 is 0 Å². The first-order valence-electron chi connectivity index (χ1n) is 5.80. The molecule has 4 heteroatoms. The third-order valence-electron chi connectivity index (χ3n) is 3.14. The Morgan fingerprint density at radius 3 is 3.00 bits per heavy atom. The Bertz CT molecular complexity index is 237. The van der Waals surface area contributed by atoms with Crippen LogP contribution < -0.4 is 5.32 Å². The first kappa shape index (κ1) is 10.9. The van der Waals surface area contributed by atoms with Gasteiger partial charge in [-0.25, -0.2) is 0 Å². The molecule has 0 aromatic rings. The van der Waals surface area contributed by atoms with E-state index >= 15 is 0 Å². The van der Waals surface area contributed by atoms with Gasteiger partial charge in [0.25, 0.3) is 0 Å². The van der Waals surface area contributed by atoms with E-state index in [0.29, 0.717) is 25.2 Å². The first-order valence-corrected chi connectivity index (χ1v) is 5.80. The largest absolute Gasteiger partial charge is 0.379 e. The van der Waals surface area contributed by atoms with Crippen LogP contribution in [0.1, 0.15) is 26.7 Å². The van der Waals surface area contributed by atoms with Gasteiger partial charge in [0.15, 0.2) is 0 Å². The smallest absolute Gasteiger partial charge is 0.241 e. The molecule has 2 saturated heterocycles. The number of nitrogens with zero attached hydrogens (tertiary/aromatic N) is 1. The second-order valence-electron chi connectivity index (χ2n) is 4.87. The van der Waals surface area contributed by atoms with Gasteiger partial charge in [-0.2, -0.15) is 0 Å². The molecule has 2 fully saturated rings. The molecule has 0 aromatic carbocycles. The van der Waals surface area contributed by atoms with E-state index in [2.05, 4.69) is 19.2 Å². The summed E-state index contributed by atoms with van der Waals surface area (Å²) in [5.41, 5.74) is 0. The van der Waals surface area contributed by atoms with Gasteiger partial charge in [-0.15, -0.1) is 0 Å². The van der Waals surface area contributed by atoms with Crippen molar-refractivity contribution in [3.63, 3.8) is 0 Å². The minimum absolute atomic E-state index is 0.0330. The second kappa shape index (κ2) is 4.49. The fourth-order valence-corrected chi connectivity index (χ4v) is 2.31. The number of hydrogen-bond acceptors (Lipinski definition) is 3. The monoisotopic (exact) mass is 212 g/mol. The number of nitrogens with one attached hydrogen (secondary N) is 1. The molecule has 15 heavy (non-hydrogen) atoms. The van der Waals surface area contributed by atoms with E-state index in [9.17, 15) is 4.79 Å². The van der Waals surface area contributed by atoms with Crippen molar-refractivity contribution < 1.29 is 9.53 Å². The van der Waals surface area contributed by atoms with E-state index in [1.807, 2.05) is 4.90 Å². The molecule has 0 spiro atoms. The summed E-state index contributed by atoms with van der Waals surface area (Å²) >= 11 is 0. The molecule has 4 nitrogen and oxygen atoms in total. The minimum Gasteiger partial charge on any atom is -0.379 e. The zero-order valence-electron chi connectivity index (χ0n) is 9.53. The van der Waals surface area contributed by atoms with Crippen LogP contribution in [-0.2, 0) is 9.53 Å². The summed E-state index contributed by atoms with van der Waals surface area (Å²) < 4.78 is 5.31. The van der Waals surface area contributed by atoms with Crippen LogP contribution in [0.5, 0.6) is 0 Å². The van der Waals surface area contributed by atoms with Crippen molar-refractivity contribution in [2.45, 2.75) is 38.8 Å². The predicted octanol–water partition coefficient (Wildman–Crippen LogP) is 0.579. The number of carbonyl (C=O) groups is 1. The normalized spacial score (nSPS) is 31.9. The van der Waals surface area contributed by atoms with Gasteiger partial charge < -0.3 is 9.64 Å². The van der Waals surface area contributed by atoms with Crippen LogP contribution in [0.2, 0.25) is 0 Å². The molecule has 1 N–H and O–H groups in total. The van der Waals surface area contributed by atoms with Crippen molar-refractivity contribution in [3.05, 3.63) is 0 Å². The van der Waals surface area contributed by atoms with Crippen molar-refractivity contribution >= 4 is 5.91 Å². The Hall–Kier alpha value is -0.610. The van der Waals surface area contributed by atoms with Crippen LogP contribution in [0, 0.1) is 5.92 Å². The maximum Gasteiger partial charge on any atom is 0.241 e. The third-order valence-corrected chi connectivity index (χ3v) is 3.14. The summed E-state index contributed by atoms with van der Waals surface area (Å²) in [6.07, 6.45) is 1.92. The molecule has 2 unspecified atom stereocenters. The predicted molar refractivity (Wildman–Crippen MR) is 57.3 cm³/mol. The maximum absolute atomic E-state index is 12.0. The molecule has 0 aliphatic carbocycles. The number of rotatable bonds is 3. The van der Waals surface area contributed by atoms with Gasteiger partial charge in [-0.3, -0.25) is 10.1 Å². The fourth-order valence-electron chi connectivity index (χ4n) is 2.31. The highest BCUT2D eigenvalue weighted by atomic mass is 16.5. The Kier molecular flexibility index (Phi) is 3.26. The average Bonchev–Trinajstić information content (AvgIpc) is 2.76. The van der Waals surface area contributed by atoms with Crippen molar-refractivity contribution in [2.75, 3.05) is 19.9 Å². The molecular formula is C11H20N2O2. The van der Waals surface area contributed by atoms with Crippen molar-refractivity contribution in [3.8, 4) is 0 Å². The summed E-state index contributed by atoms with van der Waals surface area (Å²) in [6, 6.07) is 0.341. The maximum atomic E-state index is 12.0. The summed E-state index contributed by atoms with van der Waals surface area (Å²) in [4.78, 5) is 14.0. The second-order valence-corrected chi connectivity index (χ2v) is 4.87. The van der Waals surface area contributed by atoms with E-state index in [0.717, 1.165) is 19.4 Å². The van der Waals surface area contributed by atoms with E-state index in [1.54, 1.807) is 0 Å². The highest BCUT2D eigenvalue weighted by molar-refractivity contribution is 5.84. The molecule has 1 amide bonds. The van der Waals surface area contributed by atoms with E-state index < -0.39 is 0 Å². The molecular weight excluding hydrogens is 192 g/mol. The average molecular weight is 212 g/mol. The quantitative estimate of drug-likeness (QED) is 0.744. The standard InChI is InChI=1S/C11H20N2O2/c1-8(2)5-10-11(14)13(7-12-10)9-3-4-15-6-9/h8-10,12H,3-7H2,1-2H3. The molecule has 0 bridgehead atoms. The minimum atomic E-state index is 0.0330. The Labute approximate surface area is 91.0 Å². The number of ether oxygens (including phenoxy) is 1. The Morgan fingerprint density at radius 2 is 2.40 bits per heavy atom. The molecule has 0 saturated carbocycles. The molecule has 0 radical (unpaired) electrons. The first-order chi connectivity index (χ1) is 7.18. The van der Waals surface area contributed by atoms with Crippen LogP contribution in [-0.4, -0.2) is 42.8 Å². The van der Waals surface area contributed by atoms with Gasteiger partial charge in [0.1, 0.15) is 0 Å². The van der Waals surface area contributed by atoms with E-state index in [1.165, 1.54) is 0 Å². The van der Waals surface area contributed by atoms with Crippen LogP contribution in [0.25, 0.3) is 0 Å². The van der Waals surface area contributed by atoms with Gasteiger partial charge in [0, 0.05) is 6.61 Å². The molecule has 2 heterocycles. The third kappa shape index (κ3) is 2.32. The summed E-state index contributed by atoms with van der Waals surface area (Å²) in [6.45, 7) is 6.50. The zero-order chi connectivity index (χ0) is 10.8. The van der Waals surface area contributed by atoms with Gasteiger partial charge in [-0.05, 0) is 18.8 Å². The highest BCUT2D eigenvalue weighted by Gasteiger charge is 2.36. The van der Waals surface area contributed by atoms with Crippen LogP contribution in [0.4, 0.5) is 0 Å². The lowest BCUT2D eigenvalue weighted by Gasteiger charge is -2.21. The zero-order valence-corrected chi connectivity index (χ0v) is 9.53. The molecule has 2 aliphatic rings. The SMILES string of the molecule is CC(C)CC1NCN(C2CCOC2)C1=O. The molecule has 0 aromatic heterocycles. The van der Waals surface area contributed by atoms with E-state index in [-0.39, 0.29) is 11.9 Å². The van der Waals surface area contributed by atoms with Gasteiger partial charge in [0.05, 0.1) is 25.4 Å².